The first-order valence-electron chi connectivity index (χ1n) is 8.67. The molecule has 2 atom stereocenters. The van der Waals surface area contributed by atoms with Crippen molar-refractivity contribution >= 4 is 11.9 Å². The number of carbonyl (C=O) groups is 2. The number of nitrogens with two attached hydrogens (primary N) is 2. The lowest BCUT2D eigenvalue weighted by molar-refractivity contribution is -0.138. The van der Waals surface area contributed by atoms with Gasteiger partial charge in [-0.15, -0.1) is 0 Å². The Morgan fingerprint density at radius 2 is 1.33 bits per heavy atom. The lowest BCUT2D eigenvalue weighted by atomic mass is 10.1. The quantitative estimate of drug-likeness (QED) is 0.388. The summed E-state index contributed by atoms with van der Waals surface area (Å²) in [6.07, 6.45) is 1.87. The third-order valence-electron chi connectivity index (χ3n) is 4.19. The number of aryl methyl sites for hydroxylation is 2. The number of carboxylic acid groups (broad SMARTS) is 1. The highest BCUT2D eigenvalue weighted by atomic mass is 16.5. The average Bonchev–Trinajstić information content (AvgIpc) is 2.66. The van der Waals surface area contributed by atoms with Crippen molar-refractivity contribution in [3.05, 3.63) is 59.7 Å². The monoisotopic (exact) mass is 372 g/mol. The van der Waals surface area contributed by atoms with Gasteiger partial charge in [-0.25, -0.2) is 4.79 Å². The van der Waals surface area contributed by atoms with Gasteiger partial charge in [0, 0.05) is 0 Å². The molecule has 0 aliphatic rings. The van der Waals surface area contributed by atoms with Gasteiger partial charge in [-0.05, 0) is 61.1 Å². The van der Waals surface area contributed by atoms with E-state index in [-0.39, 0.29) is 5.75 Å². The molecule has 0 aromatic heterocycles. The van der Waals surface area contributed by atoms with Crippen molar-refractivity contribution < 1.29 is 24.5 Å². The summed E-state index contributed by atoms with van der Waals surface area (Å²) in [5, 5.41) is 18.0. The van der Waals surface area contributed by atoms with Crippen LogP contribution in [-0.4, -0.2) is 34.2 Å². The molecule has 0 saturated heterocycles. The zero-order valence-electron chi connectivity index (χ0n) is 14.9. The number of rotatable bonds is 9. The van der Waals surface area contributed by atoms with Gasteiger partial charge in [0.25, 0.3) is 0 Å². The number of ether oxygens (including phenoxy) is 1. The van der Waals surface area contributed by atoms with Gasteiger partial charge < -0.3 is 26.4 Å². The molecule has 0 fully saturated rings. The van der Waals surface area contributed by atoms with E-state index < -0.39 is 24.0 Å². The second kappa shape index (κ2) is 9.70. The number of carbonyl (C=O) groups excluding carboxylic acids is 1. The minimum absolute atomic E-state index is 0.191. The number of aliphatic carboxylic acids is 1. The maximum absolute atomic E-state index is 12.1. The van der Waals surface area contributed by atoms with Crippen LogP contribution in [0.15, 0.2) is 48.5 Å². The van der Waals surface area contributed by atoms with Crippen molar-refractivity contribution in [3.8, 4) is 11.5 Å². The van der Waals surface area contributed by atoms with Crippen molar-refractivity contribution in [2.45, 2.75) is 37.8 Å². The van der Waals surface area contributed by atoms with Gasteiger partial charge in [0.1, 0.15) is 23.6 Å². The maximum Gasteiger partial charge on any atom is 0.328 e. The summed E-state index contributed by atoms with van der Waals surface area (Å²) >= 11 is 0. The number of esters is 1. The normalized spacial score (nSPS) is 13.0. The van der Waals surface area contributed by atoms with E-state index in [0.29, 0.717) is 31.4 Å². The summed E-state index contributed by atoms with van der Waals surface area (Å²) < 4.78 is 5.28. The Bertz CT molecular complexity index is 759. The van der Waals surface area contributed by atoms with Crippen LogP contribution in [0.1, 0.15) is 24.0 Å². The Hall–Kier alpha value is -2.90. The minimum Gasteiger partial charge on any atom is -0.508 e. The van der Waals surface area contributed by atoms with E-state index >= 15 is 0 Å². The molecule has 27 heavy (non-hydrogen) atoms. The fourth-order valence-electron chi connectivity index (χ4n) is 2.46. The second-order valence-electron chi connectivity index (χ2n) is 6.36. The second-order valence-corrected chi connectivity index (χ2v) is 6.36. The molecular formula is C20H24N2O5. The number of aromatic hydroxyl groups is 1. The molecule has 0 amide bonds. The van der Waals surface area contributed by atoms with E-state index in [1.165, 1.54) is 0 Å². The van der Waals surface area contributed by atoms with Crippen LogP contribution in [0.25, 0.3) is 0 Å². The van der Waals surface area contributed by atoms with Crippen molar-refractivity contribution in [3.63, 3.8) is 0 Å². The smallest absolute Gasteiger partial charge is 0.328 e. The zero-order chi connectivity index (χ0) is 19.8. The molecule has 2 unspecified atom stereocenters. The van der Waals surface area contributed by atoms with Crippen molar-refractivity contribution in [1.82, 2.24) is 0 Å². The Morgan fingerprint density at radius 1 is 0.852 bits per heavy atom. The van der Waals surface area contributed by atoms with E-state index in [9.17, 15) is 14.7 Å². The van der Waals surface area contributed by atoms with Gasteiger partial charge in [0.05, 0.1) is 0 Å². The number of phenols is 1. The highest BCUT2D eigenvalue weighted by Crippen LogP contribution is 2.16. The van der Waals surface area contributed by atoms with Gasteiger partial charge in [-0.1, -0.05) is 24.3 Å². The molecule has 0 aliphatic carbocycles. The Balaban J connectivity index is 1.80. The fraction of sp³-hybridized carbons (Fsp3) is 0.300. The van der Waals surface area contributed by atoms with Crippen LogP contribution in [0.4, 0.5) is 0 Å². The number of phenolic OH excluding ortho intramolecular Hbond substituents is 1. The summed E-state index contributed by atoms with van der Waals surface area (Å²) in [5.74, 6) is -0.974. The molecule has 0 saturated carbocycles. The zero-order valence-corrected chi connectivity index (χ0v) is 14.9. The lowest BCUT2D eigenvalue weighted by Gasteiger charge is -2.12. The summed E-state index contributed by atoms with van der Waals surface area (Å²) in [6.45, 7) is 0. The van der Waals surface area contributed by atoms with Crippen LogP contribution in [0.2, 0.25) is 0 Å². The van der Waals surface area contributed by atoms with E-state index in [4.69, 9.17) is 21.3 Å². The van der Waals surface area contributed by atoms with Gasteiger partial charge >= 0.3 is 11.9 Å². The van der Waals surface area contributed by atoms with Crippen molar-refractivity contribution in [1.29, 1.82) is 0 Å². The first kappa shape index (κ1) is 20.4. The van der Waals surface area contributed by atoms with E-state index in [1.54, 1.807) is 48.5 Å². The molecule has 6 N–H and O–H groups in total. The predicted octanol–water partition coefficient (Wildman–Crippen LogP) is 1.60. The first-order chi connectivity index (χ1) is 12.8. The molecule has 2 rings (SSSR count). The Kier molecular flexibility index (Phi) is 7.34. The molecule has 144 valence electrons. The standard InChI is InChI=1S/C20H24N2O5/c21-17(19(24)25)11-5-14-3-9-16(10-4-14)27-20(26)18(22)12-6-13-1-7-15(23)8-2-13/h1-4,7-10,17-18,23H,5-6,11-12,21-22H2,(H,24,25). The van der Waals surface area contributed by atoms with E-state index in [0.717, 1.165) is 11.1 Å². The molecule has 2 aromatic rings. The van der Waals surface area contributed by atoms with Gasteiger partial charge in [-0.2, -0.15) is 0 Å². The highest BCUT2D eigenvalue weighted by molar-refractivity contribution is 5.78. The number of hydrogen-bond donors (Lipinski definition) is 4. The lowest BCUT2D eigenvalue weighted by Crippen LogP contribution is -2.34. The van der Waals surface area contributed by atoms with Crippen molar-refractivity contribution in [2.75, 3.05) is 0 Å². The number of benzene rings is 2. The molecule has 0 heterocycles. The van der Waals surface area contributed by atoms with Crippen LogP contribution in [0.5, 0.6) is 11.5 Å². The largest absolute Gasteiger partial charge is 0.508 e. The molecule has 0 radical (unpaired) electrons. The summed E-state index contributed by atoms with van der Waals surface area (Å²) in [5.41, 5.74) is 13.2. The first-order valence-corrected chi connectivity index (χ1v) is 8.67. The van der Waals surface area contributed by atoms with Gasteiger partial charge in [-0.3, -0.25) is 4.79 Å². The Labute approximate surface area is 157 Å². The Morgan fingerprint density at radius 3 is 1.85 bits per heavy atom. The minimum atomic E-state index is -1.03. The third kappa shape index (κ3) is 6.73. The van der Waals surface area contributed by atoms with Crippen LogP contribution >= 0.6 is 0 Å². The maximum atomic E-state index is 12.1. The van der Waals surface area contributed by atoms with E-state index in [1.807, 2.05) is 0 Å². The molecule has 0 aliphatic heterocycles. The predicted molar refractivity (Wildman–Crippen MR) is 100 cm³/mol. The number of carboxylic acids is 1. The highest BCUT2D eigenvalue weighted by Gasteiger charge is 2.16. The SMILES string of the molecule is NC(CCc1ccc(OC(=O)C(N)CCc2ccc(O)cc2)cc1)C(=O)O. The fourth-order valence-corrected chi connectivity index (χ4v) is 2.46. The molecule has 2 aromatic carbocycles. The van der Waals surface area contributed by atoms with Crippen LogP contribution in [-0.2, 0) is 22.4 Å². The summed E-state index contributed by atoms with van der Waals surface area (Å²) in [7, 11) is 0. The molecule has 7 heteroatoms. The summed E-state index contributed by atoms with van der Waals surface area (Å²) in [6, 6.07) is 11.9. The molecule has 7 nitrogen and oxygen atoms in total. The van der Waals surface area contributed by atoms with Gasteiger partial charge in [0.2, 0.25) is 0 Å². The van der Waals surface area contributed by atoms with Crippen LogP contribution in [0.3, 0.4) is 0 Å². The topological polar surface area (TPSA) is 136 Å². The molecule has 0 spiro atoms. The van der Waals surface area contributed by atoms with Gasteiger partial charge in [0.15, 0.2) is 0 Å². The molecule has 0 bridgehead atoms. The number of hydrogen-bond acceptors (Lipinski definition) is 6. The van der Waals surface area contributed by atoms with Crippen molar-refractivity contribution in [2.24, 2.45) is 11.5 Å². The average molecular weight is 372 g/mol. The van der Waals surface area contributed by atoms with Crippen LogP contribution in [0, 0.1) is 0 Å². The summed E-state index contributed by atoms with van der Waals surface area (Å²) in [4.78, 5) is 22.8. The van der Waals surface area contributed by atoms with Crippen LogP contribution < -0.4 is 16.2 Å². The van der Waals surface area contributed by atoms with E-state index in [2.05, 4.69) is 0 Å². The molecular weight excluding hydrogens is 348 g/mol. The third-order valence-corrected chi connectivity index (χ3v) is 4.19.